The SMILES string of the molecule is N#CSc1cc(Oc2ccc(I)cc2)c(N)cc1Cl. The fourth-order valence-corrected chi connectivity index (χ4v) is 2.46. The number of rotatable bonds is 3. The summed E-state index contributed by atoms with van der Waals surface area (Å²) in [4.78, 5) is 0.624. The van der Waals surface area contributed by atoms with Crippen molar-refractivity contribution in [2.45, 2.75) is 4.90 Å². The number of anilines is 1. The molecule has 0 fully saturated rings. The van der Waals surface area contributed by atoms with Crippen LogP contribution in [0, 0.1) is 14.2 Å². The van der Waals surface area contributed by atoms with Crippen LogP contribution in [0.25, 0.3) is 0 Å². The normalized spacial score (nSPS) is 9.95. The topological polar surface area (TPSA) is 59.0 Å². The summed E-state index contributed by atoms with van der Waals surface area (Å²) >= 11 is 9.19. The van der Waals surface area contributed by atoms with Gasteiger partial charge in [-0.1, -0.05) is 11.6 Å². The molecule has 0 heterocycles. The number of thiocyanates is 1. The lowest BCUT2D eigenvalue weighted by atomic mass is 10.3. The maximum atomic E-state index is 8.71. The van der Waals surface area contributed by atoms with Crippen molar-refractivity contribution in [3.05, 3.63) is 45.0 Å². The Morgan fingerprint density at radius 1 is 1.26 bits per heavy atom. The number of nitriles is 1. The van der Waals surface area contributed by atoms with E-state index in [1.807, 2.05) is 29.7 Å². The fourth-order valence-electron chi connectivity index (χ4n) is 1.40. The van der Waals surface area contributed by atoms with Crippen molar-refractivity contribution >= 4 is 51.6 Å². The van der Waals surface area contributed by atoms with E-state index in [0.717, 1.165) is 15.3 Å². The second-order valence-electron chi connectivity index (χ2n) is 3.57. The highest BCUT2D eigenvalue weighted by molar-refractivity contribution is 14.1. The first-order chi connectivity index (χ1) is 9.10. The highest BCUT2D eigenvalue weighted by Gasteiger charge is 2.09. The zero-order chi connectivity index (χ0) is 13.8. The number of nitrogen functional groups attached to an aromatic ring is 1. The van der Waals surface area contributed by atoms with Gasteiger partial charge in [0.1, 0.15) is 11.2 Å². The maximum Gasteiger partial charge on any atom is 0.151 e. The van der Waals surface area contributed by atoms with Crippen molar-refractivity contribution in [3.63, 3.8) is 0 Å². The Labute approximate surface area is 133 Å². The maximum absolute atomic E-state index is 8.71. The zero-order valence-corrected chi connectivity index (χ0v) is 13.3. The Morgan fingerprint density at radius 3 is 2.58 bits per heavy atom. The number of benzene rings is 2. The van der Waals surface area contributed by atoms with Crippen molar-refractivity contribution in [1.29, 1.82) is 5.26 Å². The first kappa shape index (κ1) is 14.3. The van der Waals surface area contributed by atoms with E-state index in [1.54, 1.807) is 12.1 Å². The van der Waals surface area contributed by atoms with E-state index in [9.17, 15) is 0 Å². The Morgan fingerprint density at radius 2 is 1.95 bits per heavy atom. The van der Waals surface area contributed by atoms with Crippen molar-refractivity contribution < 1.29 is 4.74 Å². The minimum absolute atomic E-state index is 0.436. The quantitative estimate of drug-likeness (QED) is 0.344. The lowest BCUT2D eigenvalue weighted by Gasteiger charge is -2.10. The minimum Gasteiger partial charge on any atom is -0.455 e. The summed E-state index contributed by atoms with van der Waals surface area (Å²) in [6, 6.07) is 10.8. The molecule has 0 aliphatic carbocycles. The summed E-state index contributed by atoms with van der Waals surface area (Å²) in [5.74, 6) is 1.17. The first-order valence-electron chi connectivity index (χ1n) is 5.18. The number of ether oxygens (including phenoxy) is 1. The summed E-state index contributed by atoms with van der Waals surface area (Å²) in [5, 5.41) is 11.1. The molecule has 0 aliphatic rings. The van der Waals surface area contributed by atoms with E-state index in [0.29, 0.717) is 27.1 Å². The molecule has 96 valence electrons. The predicted octanol–water partition coefficient (Wildman–Crippen LogP) is 4.89. The third-order valence-electron chi connectivity index (χ3n) is 2.26. The van der Waals surface area contributed by atoms with Gasteiger partial charge in [-0.05, 0) is 70.8 Å². The Kier molecular flexibility index (Phi) is 4.80. The third kappa shape index (κ3) is 3.69. The lowest BCUT2D eigenvalue weighted by Crippen LogP contribution is -1.93. The van der Waals surface area contributed by atoms with Gasteiger partial charge in [-0.2, -0.15) is 5.26 Å². The highest BCUT2D eigenvalue weighted by Crippen LogP contribution is 2.37. The third-order valence-corrected chi connectivity index (χ3v) is 4.05. The smallest absolute Gasteiger partial charge is 0.151 e. The molecular weight excluding hydrogens is 395 g/mol. The molecule has 0 aromatic heterocycles. The average molecular weight is 403 g/mol. The molecule has 0 spiro atoms. The zero-order valence-electron chi connectivity index (χ0n) is 9.56. The van der Waals surface area contributed by atoms with Crippen LogP contribution in [-0.2, 0) is 0 Å². The van der Waals surface area contributed by atoms with Crippen molar-refractivity contribution in [2.75, 3.05) is 5.73 Å². The molecule has 0 radical (unpaired) electrons. The van der Waals surface area contributed by atoms with E-state index in [4.69, 9.17) is 27.3 Å². The van der Waals surface area contributed by atoms with Crippen molar-refractivity contribution in [1.82, 2.24) is 0 Å². The van der Waals surface area contributed by atoms with E-state index < -0.39 is 0 Å². The van der Waals surface area contributed by atoms with Gasteiger partial charge in [-0.3, -0.25) is 0 Å². The standard InChI is InChI=1S/C13H8ClIN2OS/c14-10-5-11(17)12(6-13(10)19-7-16)18-9-3-1-8(15)2-4-9/h1-6H,17H2. The number of hydrogen-bond acceptors (Lipinski definition) is 4. The summed E-state index contributed by atoms with van der Waals surface area (Å²) < 4.78 is 6.82. The molecule has 0 unspecified atom stereocenters. The molecule has 0 saturated carbocycles. The molecule has 0 aliphatic heterocycles. The summed E-state index contributed by atoms with van der Waals surface area (Å²) in [6.07, 6.45) is 0. The van der Waals surface area contributed by atoms with Gasteiger partial charge in [0, 0.05) is 8.47 Å². The van der Waals surface area contributed by atoms with Crippen LogP contribution in [0.15, 0.2) is 41.3 Å². The molecule has 3 nitrogen and oxygen atoms in total. The summed E-state index contributed by atoms with van der Waals surface area (Å²) in [6.45, 7) is 0. The van der Waals surface area contributed by atoms with Gasteiger partial charge < -0.3 is 10.5 Å². The molecule has 2 aromatic rings. The van der Waals surface area contributed by atoms with Crippen LogP contribution >= 0.6 is 46.0 Å². The van der Waals surface area contributed by atoms with Crippen molar-refractivity contribution in [2.24, 2.45) is 0 Å². The van der Waals surface area contributed by atoms with Gasteiger partial charge in [0.15, 0.2) is 5.75 Å². The largest absolute Gasteiger partial charge is 0.455 e. The van der Waals surface area contributed by atoms with Crippen LogP contribution in [0.5, 0.6) is 11.5 Å². The van der Waals surface area contributed by atoms with Crippen LogP contribution < -0.4 is 10.5 Å². The molecule has 2 aromatic carbocycles. The van der Waals surface area contributed by atoms with Crippen LogP contribution in [0.3, 0.4) is 0 Å². The Hall–Kier alpha value is -1.10. The van der Waals surface area contributed by atoms with E-state index in [1.165, 1.54) is 0 Å². The molecule has 19 heavy (non-hydrogen) atoms. The van der Waals surface area contributed by atoms with Gasteiger partial charge in [0.25, 0.3) is 0 Å². The van der Waals surface area contributed by atoms with Crippen LogP contribution in [0.4, 0.5) is 5.69 Å². The second kappa shape index (κ2) is 6.37. The van der Waals surface area contributed by atoms with Gasteiger partial charge in [-0.25, -0.2) is 0 Å². The molecule has 0 bridgehead atoms. The first-order valence-corrected chi connectivity index (χ1v) is 7.46. The molecule has 6 heteroatoms. The lowest BCUT2D eigenvalue weighted by molar-refractivity contribution is 0.483. The number of hydrogen-bond donors (Lipinski definition) is 1. The average Bonchev–Trinajstić information content (AvgIpc) is 2.38. The monoisotopic (exact) mass is 402 g/mol. The number of nitrogens with two attached hydrogens (primary N) is 1. The molecule has 0 saturated heterocycles. The van der Waals surface area contributed by atoms with E-state index in [2.05, 4.69) is 22.6 Å². The van der Waals surface area contributed by atoms with E-state index in [-0.39, 0.29) is 0 Å². The van der Waals surface area contributed by atoms with Gasteiger partial charge in [0.05, 0.1) is 10.7 Å². The number of nitrogens with zero attached hydrogens (tertiary/aromatic N) is 1. The molecular formula is C13H8ClIN2OS. The molecule has 2 N–H and O–H groups in total. The number of thioether (sulfide) groups is 1. The van der Waals surface area contributed by atoms with Gasteiger partial charge >= 0.3 is 0 Å². The van der Waals surface area contributed by atoms with E-state index >= 15 is 0 Å². The van der Waals surface area contributed by atoms with Gasteiger partial charge in [0.2, 0.25) is 0 Å². The predicted molar refractivity (Wildman–Crippen MR) is 86.6 cm³/mol. The molecule has 2 rings (SSSR count). The molecule has 0 atom stereocenters. The van der Waals surface area contributed by atoms with Gasteiger partial charge in [-0.15, -0.1) is 0 Å². The highest BCUT2D eigenvalue weighted by atomic mass is 127. The summed E-state index contributed by atoms with van der Waals surface area (Å²) in [7, 11) is 0. The second-order valence-corrected chi connectivity index (χ2v) is 6.05. The van der Waals surface area contributed by atoms with Crippen LogP contribution in [0.1, 0.15) is 0 Å². The number of halogens is 2. The fraction of sp³-hybridized carbons (Fsp3) is 0. The van der Waals surface area contributed by atoms with Crippen molar-refractivity contribution in [3.8, 4) is 16.9 Å². The van der Waals surface area contributed by atoms with Crippen LogP contribution in [-0.4, -0.2) is 0 Å². The Bertz CT molecular complexity index is 640. The molecule has 0 amide bonds. The van der Waals surface area contributed by atoms with Crippen LogP contribution in [0.2, 0.25) is 5.02 Å². The minimum atomic E-state index is 0.436. The summed E-state index contributed by atoms with van der Waals surface area (Å²) in [5.41, 5.74) is 6.30. The Balaban J connectivity index is 2.32.